The Morgan fingerprint density at radius 1 is 1.37 bits per heavy atom. The van der Waals surface area contributed by atoms with Crippen molar-refractivity contribution >= 4 is 23.3 Å². The number of aromatic nitrogens is 2. The molecule has 0 radical (unpaired) electrons. The van der Waals surface area contributed by atoms with Gasteiger partial charge in [-0.15, -0.1) is 0 Å². The van der Waals surface area contributed by atoms with E-state index in [0.717, 1.165) is 18.9 Å². The highest BCUT2D eigenvalue weighted by atomic mass is 35.5. The van der Waals surface area contributed by atoms with Crippen LogP contribution in [0.15, 0.2) is 30.6 Å². The molecular formula is C13H12ClN3O2. The summed E-state index contributed by atoms with van der Waals surface area (Å²) in [5.41, 5.74) is 0.915. The number of aromatic carboxylic acids is 1. The van der Waals surface area contributed by atoms with Crippen LogP contribution in [0.3, 0.4) is 0 Å². The third-order valence-electron chi connectivity index (χ3n) is 3.27. The molecule has 2 heterocycles. The Morgan fingerprint density at radius 2 is 2.21 bits per heavy atom. The number of hydrogen-bond donors (Lipinski definition) is 1. The van der Waals surface area contributed by atoms with Crippen LogP contribution in [0.5, 0.6) is 0 Å². The minimum atomic E-state index is -0.966. The van der Waals surface area contributed by atoms with E-state index >= 15 is 0 Å². The average molecular weight is 278 g/mol. The van der Waals surface area contributed by atoms with Crippen LogP contribution in [0, 0.1) is 0 Å². The number of carboxylic acid groups (broad SMARTS) is 1. The third-order valence-corrected chi connectivity index (χ3v) is 3.51. The van der Waals surface area contributed by atoms with Gasteiger partial charge >= 0.3 is 5.97 Å². The van der Waals surface area contributed by atoms with Crippen molar-refractivity contribution < 1.29 is 9.90 Å². The lowest BCUT2D eigenvalue weighted by Crippen LogP contribution is -2.34. The molecule has 1 aromatic carbocycles. The fourth-order valence-corrected chi connectivity index (χ4v) is 2.51. The van der Waals surface area contributed by atoms with Gasteiger partial charge in [-0.25, -0.2) is 9.78 Å². The fourth-order valence-electron chi connectivity index (χ4n) is 2.33. The van der Waals surface area contributed by atoms with Gasteiger partial charge in [-0.05, 0) is 18.2 Å². The van der Waals surface area contributed by atoms with Gasteiger partial charge in [0.1, 0.15) is 5.82 Å². The Labute approximate surface area is 115 Å². The summed E-state index contributed by atoms with van der Waals surface area (Å²) in [5.74, 6) is -0.0241. The van der Waals surface area contributed by atoms with Crippen LogP contribution in [0.4, 0.5) is 5.69 Å². The van der Waals surface area contributed by atoms with Gasteiger partial charge in [0.2, 0.25) is 0 Å². The van der Waals surface area contributed by atoms with E-state index in [1.807, 2.05) is 11.1 Å². The summed E-state index contributed by atoms with van der Waals surface area (Å²) in [5, 5.41) is 9.70. The number of fused-ring (bicyclic) bond motifs is 1. The molecule has 3 rings (SSSR count). The molecule has 1 N–H and O–H groups in total. The molecule has 0 unspecified atom stereocenters. The number of anilines is 1. The van der Waals surface area contributed by atoms with Gasteiger partial charge < -0.3 is 14.6 Å². The second-order valence-electron chi connectivity index (χ2n) is 4.43. The van der Waals surface area contributed by atoms with E-state index in [1.54, 1.807) is 18.3 Å². The maximum atomic E-state index is 11.3. The average Bonchev–Trinajstić information content (AvgIpc) is 2.85. The SMILES string of the molecule is O=C(O)c1cc(Cl)ccc1N1CCn2ccnc2C1. The molecular weight excluding hydrogens is 266 g/mol. The molecule has 0 saturated heterocycles. The van der Waals surface area contributed by atoms with Crippen molar-refractivity contribution in [3.63, 3.8) is 0 Å². The summed E-state index contributed by atoms with van der Waals surface area (Å²) in [6, 6.07) is 4.95. The Kier molecular flexibility index (Phi) is 2.91. The molecule has 0 bridgehead atoms. The molecule has 1 aliphatic heterocycles. The predicted molar refractivity (Wildman–Crippen MR) is 71.7 cm³/mol. The Bertz CT molecular complexity index is 639. The van der Waals surface area contributed by atoms with E-state index in [1.165, 1.54) is 6.07 Å². The molecule has 1 aliphatic rings. The van der Waals surface area contributed by atoms with Gasteiger partial charge in [0.05, 0.1) is 17.8 Å². The van der Waals surface area contributed by atoms with Crippen molar-refractivity contribution in [2.75, 3.05) is 11.4 Å². The fraction of sp³-hybridized carbons (Fsp3) is 0.231. The number of hydrogen-bond acceptors (Lipinski definition) is 3. The standard InChI is InChI=1S/C13H12ClN3O2/c14-9-1-2-11(10(7-9)13(18)19)17-6-5-16-4-3-15-12(16)8-17/h1-4,7H,5-6,8H2,(H,18,19). The smallest absolute Gasteiger partial charge is 0.337 e. The zero-order valence-corrected chi connectivity index (χ0v) is 10.8. The number of halogens is 1. The maximum Gasteiger partial charge on any atom is 0.337 e. The molecule has 6 heteroatoms. The summed E-state index contributed by atoms with van der Waals surface area (Å²) >= 11 is 5.87. The first-order valence-electron chi connectivity index (χ1n) is 5.93. The topological polar surface area (TPSA) is 58.4 Å². The zero-order chi connectivity index (χ0) is 13.4. The van der Waals surface area contributed by atoms with Gasteiger partial charge in [-0.2, -0.15) is 0 Å². The Balaban J connectivity index is 1.98. The van der Waals surface area contributed by atoms with Crippen molar-refractivity contribution in [2.45, 2.75) is 13.1 Å². The lowest BCUT2D eigenvalue weighted by Gasteiger charge is -2.30. The van der Waals surface area contributed by atoms with E-state index < -0.39 is 5.97 Å². The third kappa shape index (κ3) is 2.17. The van der Waals surface area contributed by atoms with E-state index in [2.05, 4.69) is 9.55 Å². The summed E-state index contributed by atoms with van der Waals surface area (Å²) in [7, 11) is 0. The summed E-state index contributed by atoms with van der Waals surface area (Å²) in [6.45, 7) is 2.16. The van der Waals surface area contributed by atoms with Crippen molar-refractivity contribution in [1.82, 2.24) is 9.55 Å². The Hall–Kier alpha value is -2.01. The largest absolute Gasteiger partial charge is 0.478 e. The summed E-state index contributed by atoms with van der Waals surface area (Å²) in [4.78, 5) is 17.6. The second kappa shape index (κ2) is 4.59. The van der Waals surface area contributed by atoms with Gasteiger partial charge in [-0.1, -0.05) is 11.6 Å². The van der Waals surface area contributed by atoms with E-state index in [9.17, 15) is 9.90 Å². The van der Waals surface area contributed by atoms with Gasteiger partial charge in [0, 0.05) is 30.5 Å². The number of nitrogens with zero attached hydrogens (tertiary/aromatic N) is 3. The minimum absolute atomic E-state index is 0.229. The minimum Gasteiger partial charge on any atom is -0.478 e. The van der Waals surface area contributed by atoms with E-state index in [-0.39, 0.29) is 5.56 Å². The number of benzene rings is 1. The van der Waals surface area contributed by atoms with Crippen molar-refractivity contribution in [3.8, 4) is 0 Å². The van der Waals surface area contributed by atoms with Crippen LogP contribution < -0.4 is 4.90 Å². The molecule has 0 saturated carbocycles. The lowest BCUT2D eigenvalue weighted by molar-refractivity contribution is 0.0697. The van der Waals surface area contributed by atoms with Crippen LogP contribution >= 0.6 is 11.6 Å². The van der Waals surface area contributed by atoms with E-state index in [4.69, 9.17) is 11.6 Å². The van der Waals surface area contributed by atoms with Crippen LogP contribution in [0.1, 0.15) is 16.2 Å². The van der Waals surface area contributed by atoms with Crippen LogP contribution in [-0.4, -0.2) is 27.2 Å². The number of imidazole rings is 1. The predicted octanol–water partition coefficient (Wildman–Crippen LogP) is 2.25. The molecule has 0 atom stereocenters. The molecule has 0 amide bonds. The molecule has 19 heavy (non-hydrogen) atoms. The van der Waals surface area contributed by atoms with Gasteiger partial charge in [0.25, 0.3) is 0 Å². The maximum absolute atomic E-state index is 11.3. The molecule has 0 fully saturated rings. The monoisotopic (exact) mass is 277 g/mol. The van der Waals surface area contributed by atoms with Crippen LogP contribution in [0.25, 0.3) is 0 Å². The first-order valence-corrected chi connectivity index (χ1v) is 6.31. The quantitative estimate of drug-likeness (QED) is 0.915. The molecule has 1 aromatic heterocycles. The normalized spacial score (nSPS) is 14.3. The summed E-state index contributed by atoms with van der Waals surface area (Å²) < 4.78 is 2.08. The highest BCUT2D eigenvalue weighted by molar-refractivity contribution is 6.31. The molecule has 0 aliphatic carbocycles. The second-order valence-corrected chi connectivity index (χ2v) is 4.86. The number of carbonyl (C=O) groups is 1. The zero-order valence-electron chi connectivity index (χ0n) is 10.1. The molecule has 2 aromatic rings. The van der Waals surface area contributed by atoms with Crippen LogP contribution in [-0.2, 0) is 13.1 Å². The number of carboxylic acids is 1. The summed E-state index contributed by atoms with van der Waals surface area (Å²) in [6.07, 6.45) is 3.70. The van der Waals surface area contributed by atoms with Crippen LogP contribution in [0.2, 0.25) is 5.02 Å². The van der Waals surface area contributed by atoms with Crippen molar-refractivity contribution in [1.29, 1.82) is 0 Å². The first kappa shape index (κ1) is 12.0. The molecule has 0 spiro atoms. The highest BCUT2D eigenvalue weighted by Crippen LogP contribution is 2.27. The van der Waals surface area contributed by atoms with E-state index in [0.29, 0.717) is 17.3 Å². The molecule has 5 nitrogen and oxygen atoms in total. The van der Waals surface area contributed by atoms with Gasteiger partial charge in [0.15, 0.2) is 0 Å². The van der Waals surface area contributed by atoms with Crippen molar-refractivity contribution in [2.24, 2.45) is 0 Å². The molecule has 98 valence electrons. The number of rotatable bonds is 2. The lowest BCUT2D eigenvalue weighted by atomic mass is 10.1. The Morgan fingerprint density at radius 3 is 3.00 bits per heavy atom. The van der Waals surface area contributed by atoms with Gasteiger partial charge in [-0.3, -0.25) is 0 Å². The van der Waals surface area contributed by atoms with Crippen molar-refractivity contribution in [3.05, 3.63) is 47.0 Å². The highest BCUT2D eigenvalue weighted by Gasteiger charge is 2.21. The first-order chi connectivity index (χ1) is 9.15.